The minimum absolute atomic E-state index is 0.499. The first-order chi connectivity index (χ1) is 6.29. The minimum atomic E-state index is -0.583. The van der Waals surface area contributed by atoms with Gasteiger partial charge in [-0.25, -0.2) is 9.97 Å². The fraction of sp³-hybridized carbons (Fsp3) is 0.111. The van der Waals surface area contributed by atoms with E-state index in [0.29, 0.717) is 16.8 Å². The van der Waals surface area contributed by atoms with Gasteiger partial charge in [-0.1, -0.05) is 0 Å². The molecule has 0 N–H and O–H groups in total. The number of halogens is 1. The number of hydrogen-bond donors (Lipinski definition) is 0. The molecule has 0 saturated heterocycles. The molecule has 0 radical (unpaired) electrons. The van der Waals surface area contributed by atoms with Crippen molar-refractivity contribution in [3.05, 3.63) is 30.3 Å². The highest BCUT2D eigenvalue weighted by atomic mass is 19.1. The van der Waals surface area contributed by atoms with Crippen LogP contribution in [0.1, 0.15) is 0 Å². The largest absolute Gasteiger partial charge is 0.497 e. The van der Waals surface area contributed by atoms with Gasteiger partial charge in [0.25, 0.3) is 0 Å². The first-order valence-corrected chi connectivity index (χ1v) is 3.76. The molecule has 2 aromatic rings. The van der Waals surface area contributed by atoms with E-state index in [1.165, 1.54) is 0 Å². The molecule has 0 fully saturated rings. The van der Waals surface area contributed by atoms with Crippen LogP contribution in [0.5, 0.6) is 5.75 Å². The summed E-state index contributed by atoms with van der Waals surface area (Å²) in [4.78, 5) is 7.54. The third-order valence-corrected chi connectivity index (χ3v) is 1.72. The second kappa shape index (κ2) is 2.97. The van der Waals surface area contributed by atoms with E-state index in [1.54, 1.807) is 25.3 Å². The molecule has 13 heavy (non-hydrogen) atoms. The molecule has 4 heteroatoms. The SMILES string of the molecule is COc1ccc2ncc(F)nc2c1. The number of methoxy groups -OCH3 is 1. The van der Waals surface area contributed by atoms with Crippen LogP contribution in [0, 0.1) is 5.95 Å². The standard InChI is InChI=1S/C9H7FN2O/c1-13-6-2-3-7-8(4-6)12-9(10)5-11-7/h2-5H,1H3. The van der Waals surface area contributed by atoms with Crippen molar-refractivity contribution in [3.63, 3.8) is 0 Å². The Hall–Kier alpha value is -1.71. The molecule has 0 bridgehead atoms. The Balaban J connectivity index is 2.68. The lowest BCUT2D eigenvalue weighted by Crippen LogP contribution is -1.89. The topological polar surface area (TPSA) is 35.0 Å². The minimum Gasteiger partial charge on any atom is -0.497 e. The summed E-state index contributed by atoms with van der Waals surface area (Å²) < 4.78 is 17.6. The summed E-state index contributed by atoms with van der Waals surface area (Å²) in [5, 5.41) is 0. The van der Waals surface area contributed by atoms with Gasteiger partial charge in [-0.2, -0.15) is 4.39 Å². The van der Waals surface area contributed by atoms with Crippen molar-refractivity contribution in [3.8, 4) is 5.75 Å². The molecule has 66 valence electrons. The summed E-state index contributed by atoms with van der Waals surface area (Å²) >= 11 is 0. The summed E-state index contributed by atoms with van der Waals surface area (Å²) in [6.07, 6.45) is 1.09. The molecular formula is C9H7FN2O. The zero-order valence-electron chi connectivity index (χ0n) is 6.99. The smallest absolute Gasteiger partial charge is 0.231 e. The highest BCUT2D eigenvalue weighted by molar-refractivity contribution is 5.75. The maximum atomic E-state index is 12.7. The van der Waals surface area contributed by atoms with E-state index < -0.39 is 5.95 Å². The van der Waals surface area contributed by atoms with Gasteiger partial charge in [-0.3, -0.25) is 0 Å². The van der Waals surface area contributed by atoms with E-state index in [0.717, 1.165) is 6.20 Å². The summed E-state index contributed by atoms with van der Waals surface area (Å²) in [5.41, 5.74) is 1.15. The van der Waals surface area contributed by atoms with Gasteiger partial charge in [-0.15, -0.1) is 0 Å². The van der Waals surface area contributed by atoms with Crippen LogP contribution < -0.4 is 4.74 Å². The van der Waals surface area contributed by atoms with E-state index in [4.69, 9.17) is 4.74 Å². The first kappa shape index (κ1) is 7.91. The van der Waals surface area contributed by atoms with Crippen LogP contribution in [0.3, 0.4) is 0 Å². The van der Waals surface area contributed by atoms with Gasteiger partial charge in [-0.05, 0) is 12.1 Å². The van der Waals surface area contributed by atoms with Gasteiger partial charge in [0.1, 0.15) is 5.75 Å². The summed E-state index contributed by atoms with van der Waals surface area (Å²) in [5.74, 6) is 0.0631. The Bertz CT molecular complexity index is 445. The quantitative estimate of drug-likeness (QED) is 0.667. The molecule has 0 amide bonds. The van der Waals surface area contributed by atoms with Gasteiger partial charge in [0.15, 0.2) is 0 Å². The number of nitrogens with zero attached hydrogens (tertiary/aromatic N) is 2. The fourth-order valence-electron chi connectivity index (χ4n) is 1.10. The number of benzene rings is 1. The second-order valence-electron chi connectivity index (χ2n) is 2.55. The molecule has 0 spiro atoms. The van der Waals surface area contributed by atoms with E-state index in [-0.39, 0.29) is 0 Å². The second-order valence-corrected chi connectivity index (χ2v) is 2.55. The van der Waals surface area contributed by atoms with E-state index >= 15 is 0 Å². The molecule has 1 heterocycles. The third-order valence-electron chi connectivity index (χ3n) is 1.72. The Morgan fingerprint density at radius 2 is 2.15 bits per heavy atom. The predicted octanol–water partition coefficient (Wildman–Crippen LogP) is 1.78. The lowest BCUT2D eigenvalue weighted by molar-refractivity contribution is 0.415. The third kappa shape index (κ3) is 1.42. The highest BCUT2D eigenvalue weighted by Crippen LogP contribution is 2.16. The van der Waals surface area contributed by atoms with E-state index in [1.807, 2.05) is 0 Å². The molecule has 1 aromatic heterocycles. The number of rotatable bonds is 1. The van der Waals surface area contributed by atoms with E-state index in [9.17, 15) is 4.39 Å². The Morgan fingerprint density at radius 1 is 1.31 bits per heavy atom. The molecule has 0 unspecified atom stereocenters. The van der Waals surface area contributed by atoms with Crippen molar-refractivity contribution in [2.75, 3.05) is 7.11 Å². The van der Waals surface area contributed by atoms with Crippen LogP contribution in [0.15, 0.2) is 24.4 Å². The normalized spacial score (nSPS) is 10.3. The fourth-order valence-corrected chi connectivity index (χ4v) is 1.10. The predicted molar refractivity (Wildman–Crippen MR) is 46.0 cm³/mol. The van der Waals surface area contributed by atoms with Crippen LogP contribution in [0.2, 0.25) is 0 Å². The van der Waals surface area contributed by atoms with Gasteiger partial charge >= 0.3 is 0 Å². The monoisotopic (exact) mass is 178 g/mol. The average Bonchev–Trinajstić information content (AvgIpc) is 2.16. The molecule has 0 atom stereocenters. The van der Waals surface area contributed by atoms with Crippen LogP contribution in [-0.2, 0) is 0 Å². The van der Waals surface area contributed by atoms with Crippen molar-refractivity contribution in [2.24, 2.45) is 0 Å². The van der Waals surface area contributed by atoms with Gasteiger partial charge in [0.05, 0.1) is 24.3 Å². The maximum Gasteiger partial charge on any atom is 0.231 e. The summed E-state index contributed by atoms with van der Waals surface area (Å²) in [6, 6.07) is 5.14. The molecule has 2 rings (SSSR count). The zero-order chi connectivity index (χ0) is 9.26. The molecule has 3 nitrogen and oxygen atoms in total. The molecule has 0 aliphatic heterocycles. The Morgan fingerprint density at radius 3 is 2.92 bits per heavy atom. The average molecular weight is 178 g/mol. The molecule has 0 aliphatic carbocycles. The number of ether oxygens (including phenoxy) is 1. The molecule has 0 saturated carbocycles. The van der Waals surface area contributed by atoms with Crippen molar-refractivity contribution in [1.29, 1.82) is 0 Å². The maximum absolute atomic E-state index is 12.7. The van der Waals surface area contributed by atoms with Gasteiger partial charge in [0.2, 0.25) is 5.95 Å². The van der Waals surface area contributed by atoms with Crippen LogP contribution >= 0.6 is 0 Å². The summed E-state index contributed by atoms with van der Waals surface area (Å²) in [7, 11) is 1.55. The van der Waals surface area contributed by atoms with Crippen molar-refractivity contribution in [1.82, 2.24) is 9.97 Å². The lowest BCUT2D eigenvalue weighted by atomic mass is 10.3. The van der Waals surface area contributed by atoms with Crippen molar-refractivity contribution < 1.29 is 9.13 Å². The molecular weight excluding hydrogens is 171 g/mol. The highest BCUT2D eigenvalue weighted by Gasteiger charge is 1.99. The molecule has 0 aliphatic rings. The zero-order valence-corrected chi connectivity index (χ0v) is 6.99. The van der Waals surface area contributed by atoms with Crippen LogP contribution in [0.4, 0.5) is 4.39 Å². The first-order valence-electron chi connectivity index (χ1n) is 3.76. The molecule has 1 aromatic carbocycles. The van der Waals surface area contributed by atoms with Crippen molar-refractivity contribution >= 4 is 11.0 Å². The number of hydrogen-bond acceptors (Lipinski definition) is 3. The Kier molecular flexibility index (Phi) is 1.81. The lowest BCUT2D eigenvalue weighted by Gasteiger charge is -2.00. The Labute approximate surface area is 74.2 Å². The van der Waals surface area contributed by atoms with Crippen molar-refractivity contribution in [2.45, 2.75) is 0 Å². The van der Waals surface area contributed by atoms with E-state index in [2.05, 4.69) is 9.97 Å². The van der Waals surface area contributed by atoms with Gasteiger partial charge < -0.3 is 4.74 Å². The van der Waals surface area contributed by atoms with Crippen LogP contribution in [-0.4, -0.2) is 17.1 Å². The number of fused-ring (bicyclic) bond motifs is 1. The number of aromatic nitrogens is 2. The van der Waals surface area contributed by atoms with Gasteiger partial charge in [0, 0.05) is 6.07 Å². The summed E-state index contributed by atoms with van der Waals surface area (Å²) in [6.45, 7) is 0. The van der Waals surface area contributed by atoms with Crippen LogP contribution in [0.25, 0.3) is 11.0 Å².